The molecule has 1 rings (SSSR count). The molecule has 0 bridgehead atoms. The topological polar surface area (TPSA) is 83.2 Å². The number of nitrogen functional groups attached to an aromatic ring is 1. The second kappa shape index (κ2) is 1.73. The summed E-state index contributed by atoms with van der Waals surface area (Å²) < 4.78 is 0. The highest BCUT2D eigenvalue weighted by Crippen LogP contribution is 1.68. The fraction of sp³-hybridized carbons (Fsp3) is 1.00. The molecule has 0 radical (unpaired) electrons. The number of aromatic nitrogens is 5. The minimum atomic E-state index is 0.802. The summed E-state index contributed by atoms with van der Waals surface area (Å²) in [5, 5.41) is 7.93. The van der Waals surface area contributed by atoms with Gasteiger partial charge in [0, 0.05) is 0 Å². The minimum Gasteiger partial charge on any atom is -0.307 e. The van der Waals surface area contributed by atoms with Crippen molar-refractivity contribution in [3.8, 4) is 0 Å². The van der Waals surface area contributed by atoms with Gasteiger partial charge in [-0.15, -0.1) is 4.91 Å². The van der Waals surface area contributed by atoms with Crippen LogP contribution in [0, 0.1) is 0 Å². The molecule has 1 aromatic rings. The SMILES string of the molecule is CCn1[nH][nH][nH]n1N. The van der Waals surface area contributed by atoms with Gasteiger partial charge in [0.2, 0.25) is 0 Å². The summed E-state index contributed by atoms with van der Waals surface area (Å²) in [5.74, 6) is 5.31. The number of aryl methyl sites for hydroxylation is 1. The van der Waals surface area contributed by atoms with Gasteiger partial charge in [-0.3, -0.25) is 0 Å². The molecule has 1 aromatic heterocycles. The fourth-order valence-corrected chi connectivity index (χ4v) is 0.492. The van der Waals surface area contributed by atoms with Crippen molar-refractivity contribution >= 4 is 0 Å². The maximum absolute atomic E-state index is 5.31. The predicted octanol–water partition coefficient (Wildman–Crippen LogP) is -0.868. The van der Waals surface area contributed by atoms with Gasteiger partial charge in [-0.2, -0.15) is 10.0 Å². The Labute approximate surface area is 45.8 Å². The molecular weight excluding hydrogens is 108 g/mol. The van der Waals surface area contributed by atoms with E-state index in [1.54, 1.807) is 4.80 Å². The Kier molecular flexibility index (Phi) is 1.07. The van der Waals surface area contributed by atoms with Crippen LogP contribution in [-0.2, 0) is 6.54 Å². The lowest BCUT2D eigenvalue weighted by atomic mass is 10.8. The van der Waals surface area contributed by atoms with Crippen LogP contribution >= 0.6 is 0 Å². The third-order valence-electron chi connectivity index (χ3n) is 0.915. The van der Waals surface area contributed by atoms with Crippen LogP contribution in [-0.4, -0.2) is 25.3 Å². The molecule has 6 nitrogen and oxygen atoms in total. The number of H-pyrrole nitrogens is 3. The van der Waals surface area contributed by atoms with Crippen LogP contribution in [0.15, 0.2) is 0 Å². The molecule has 0 aromatic carbocycles. The lowest BCUT2D eigenvalue weighted by Crippen LogP contribution is -2.21. The van der Waals surface area contributed by atoms with Gasteiger partial charge in [-0.25, -0.2) is 10.4 Å². The molecule has 0 saturated carbocycles. The number of nitrogens with zero attached hydrogens (tertiary/aromatic N) is 2. The van der Waals surface area contributed by atoms with Gasteiger partial charge in [0.1, 0.15) is 0 Å². The molecule has 48 valence electrons. The van der Waals surface area contributed by atoms with Crippen LogP contribution in [0.2, 0.25) is 0 Å². The first kappa shape index (κ1) is 4.95. The van der Waals surface area contributed by atoms with E-state index in [-0.39, 0.29) is 0 Å². The van der Waals surface area contributed by atoms with Crippen molar-refractivity contribution in [2.24, 2.45) is 0 Å². The molecule has 8 heavy (non-hydrogen) atoms. The molecule has 0 amide bonds. The first-order valence-electron chi connectivity index (χ1n) is 2.43. The average molecular weight is 118 g/mol. The van der Waals surface area contributed by atoms with Crippen molar-refractivity contribution in [3.63, 3.8) is 0 Å². The van der Waals surface area contributed by atoms with E-state index in [1.165, 1.54) is 4.91 Å². The smallest absolute Gasteiger partial charge is 0.0587 e. The number of nitrogens with one attached hydrogen (secondary N) is 3. The van der Waals surface area contributed by atoms with Crippen molar-refractivity contribution in [2.75, 3.05) is 5.84 Å². The number of hydrogen-bond acceptors (Lipinski definition) is 1. The van der Waals surface area contributed by atoms with Crippen LogP contribution in [0.1, 0.15) is 6.92 Å². The summed E-state index contributed by atoms with van der Waals surface area (Å²) in [5.41, 5.74) is 0. The Morgan fingerprint density at radius 1 is 1.50 bits per heavy atom. The summed E-state index contributed by atoms with van der Waals surface area (Å²) in [7, 11) is 0. The van der Waals surface area contributed by atoms with E-state index < -0.39 is 0 Å². The van der Waals surface area contributed by atoms with Gasteiger partial charge < -0.3 is 5.84 Å². The maximum atomic E-state index is 5.31. The summed E-state index contributed by atoms with van der Waals surface area (Å²) in [6.07, 6.45) is 0. The Balaban J connectivity index is 2.92. The molecule has 0 aliphatic rings. The highest BCUT2D eigenvalue weighted by atomic mass is 15.8. The number of nitrogens with two attached hydrogens (primary N) is 1. The summed E-state index contributed by atoms with van der Waals surface area (Å²) in [6, 6.07) is 0. The molecule has 0 fully saturated rings. The van der Waals surface area contributed by atoms with E-state index in [2.05, 4.69) is 15.6 Å². The highest BCUT2D eigenvalue weighted by molar-refractivity contribution is 4.26. The third kappa shape index (κ3) is 0.594. The van der Waals surface area contributed by atoms with E-state index in [4.69, 9.17) is 5.84 Å². The largest absolute Gasteiger partial charge is 0.307 e. The first-order valence-corrected chi connectivity index (χ1v) is 2.43. The lowest BCUT2D eigenvalue weighted by Gasteiger charge is -1.97. The summed E-state index contributed by atoms with van der Waals surface area (Å²) in [6.45, 7) is 2.78. The summed E-state index contributed by atoms with van der Waals surface area (Å²) >= 11 is 0. The van der Waals surface area contributed by atoms with Crippen LogP contribution in [0.5, 0.6) is 0 Å². The predicted molar refractivity (Wildman–Crippen MR) is 28.9 cm³/mol. The Bertz CT molecular complexity index is 167. The van der Waals surface area contributed by atoms with Gasteiger partial charge in [0.05, 0.1) is 6.54 Å². The van der Waals surface area contributed by atoms with Crippen LogP contribution in [0.4, 0.5) is 0 Å². The molecule has 5 N–H and O–H groups in total. The zero-order chi connectivity index (χ0) is 5.98. The van der Waals surface area contributed by atoms with Crippen molar-refractivity contribution in [1.82, 2.24) is 25.3 Å². The van der Waals surface area contributed by atoms with Crippen LogP contribution < -0.4 is 5.84 Å². The second-order valence-electron chi connectivity index (χ2n) is 1.41. The molecule has 0 aliphatic heterocycles. The molecule has 0 unspecified atom stereocenters. The molecule has 0 atom stereocenters. The Hall–Kier alpha value is -1.20. The fourth-order valence-electron chi connectivity index (χ4n) is 0.492. The number of rotatable bonds is 1. The molecule has 1 heterocycles. The molecule has 0 spiro atoms. The monoisotopic (exact) mass is 118 g/mol. The van der Waals surface area contributed by atoms with Gasteiger partial charge in [0.15, 0.2) is 0 Å². The molecule has 0 aliphatic carbocycles. The van der Waals surface area contributed by atoms with Crippen molar-refractivity contribution in [1.29, 1.82) is 0 Å². The van der Waals surface area contributed by atoms with Crippen molar-refractivity contribution in [3.05, 3.63) is 0 Å². The standard InChI is InChI=1S/C2H10N6/c1-2-7-5-4-6-8(7)3/h4-6H,2-3H2,1H3. The Morgan fingerprint density at radius 3 is 2.50 bits per heavy atom. The van der Waals surface area contributed by atoms with Crippen molar-refractivity contribution in [2.45, 2.75) is 13.5 Å². The quantitative estimate of drug-likeness (QED) is 0.355. The van der Waals surface area contributed by atoms with E-state index in [0.29, 0.717) is 0 Å². The van der Waals surface area contributed by atoms with Crippen LogP contribution in [0.3, 0.4) is 0 Å². The van der Waals surface area contributed by atoms with Gasteiger partial charge >= 0.3 is 0 Å². The average Bonchev–Trinajstić information content (AvgIpc) is 2.14. The normalized spacial score (nSPS) is 9.62. The van der Waals surface area contributed by atoms with E-state index in [1.807, 2.05) is 6.92 Å². The summed E-state index contributed by atoms with van der Waals surface area (Å²) in [4.78, 5) is 2.99. The zero-order valence-corrected chi connectivity index (χ0v) is 4.68. The maximum Gasteiger partial charge on any atom is 0.0587 e. The van der Waals surface area contributed by atoms with Gasteiger partial charge in [-0.1, -0.05) is 0 Å². The van der Waals surface area contributed by atoms with Gasteiger partial charge in [0.25, 0.3) is 0 Å². The molecule has 0 saturated heterocycles. The number of hydrogen-bond donors (Lipinski definition) is 4. The molecule has 6 heteroatoms. The van der Waals surface area contributed by atoms with E-state index in [0.717, 1.165) is 6.54 Å². The van der Waals surface area contributed by atoms with E-state index in [9.17, 15) is 0 Å². The highest BCUT2D eigenvalue weighted by Gasteiger charge is 1.82. The second-order valence-corrected chi connectivity index (χ2v) is 1.41. The number of aromatic amines is 3. The Morgan fingerprint density at radius 2 is 2.25 bits per heavy atom. The first-order chi connectivity index (χ1) is 3.84. The van der Waals surface area contributed by atoms with Crippen molar-refractivity contribution < 1.29 is 0 Å². The lowest BCUT2D eigenvalue weighted by molar-refractivity contribution is 0.459. The molecular formula is C2H10N6. The van der Waals surface area contributed by atoms with E-state index >= 15 is 0 Å². The zero-order valence-electron chi connectivity index (χ0n) is 4.68. The van der Waals surface area contributed by atoms with Crippen LogP contribution in [0.25, 0.3) is 0 Å². The van der Waals surface area contributed by atoms with Gasteiger partial charge in [-0.05, 0) is 6.92 Å². The minimum absolute atomic E-state index is 0.802. The third-order valence-corrected chi connectivity index (χ3v) is 0.915.